The van der Waals surface area contributed by atoms with Crippen LogP contribution in [0, 0.1) is 0 Å². The molecular weight excluding hydrogens is 332 g/mol. The van der Waals surface area contributed by atoms with E-state index in [-0.39, 0.29) is 11.9 Å². The van der Waals surface area contributed by atoms with Gasteiger partial charge in [-0.1, -0.05) is 30.3 Å². The fraction of sp³-hybridized carbons (Fsp3) is 0.458. The van der Waals surface area contributed by atoms with Gasteiger partial charge in [-0.3, -0.25) is 9.69 Å². The van der Waals surface area contributed by atoms with Crippen LogP contribution in [0.5, 0.6) is 0 Å². The van der Waals surface area contributed by atoms with E-state index in [0.717, 1.165) is 37.5 Å². The minimum absolute atomic E-state index is 0.00892. The molecule has 1 aliphatic heterocycles. The van der Waals surface area contributed by atoms with Crippen molar-refractivity contribution in [2.75, 3.05) is 11.9 Å². The lowest BCUT2D eigenvalue weighted by atomic mass is 10.0. The molecule has 1 unspecified atom stereocenters. The van der Waals surface area contributed by atoms with Gasteiger partial charge >= 0.3 is 0 Å². The summed E-state index contributed by atoms with van der Waals surface area (Å²) in [4.78, 5) is 15.3. The first-order valence-electron chi connectivity index (χ1n) is 10.5. The second-order valence-electron chi connectivity index (χ2n) is 8.42. The normalized spacial score (nSPS) is 22.0. The Hall–Kier alpha value is -2.13. The Bertz CT molecular complexity index is 838. The molecule has 1 amide bonds. The van der Waals surface area contributed by atoms with Crippen LogP contribution in [-0.4, -0.2) is 23.4 Å². The average molecular weight is 361 g/mol. The monoisotopic (exact) mass is 360 g/mol. The minimum Gasteiger partial charge on any atom is -0.325 e. The summed E-state index contributed by atoms with van der Waals surface area (Å²) in [6.45, 7) is 1.92. The SMILES string of the molecule is O=C(Nc1ccc(C2CC2)cc1)C1CCCN1Cc1cccc2c1CCC2. The van der Waals surface area contributed by atoms with E-state index in [0.29, 0.717) is 0 Å². The zero-order chi connectivity index (χ0) is 18.2. The topological polar surface area (TPSA) is 32.3 Å². The minimum atomic E-state index is -0.00892. The Labute approximate surface area is 161 Å². The zero-order valence-electron chi connectivity index (χ0n) is 15.9. The molecule has 0 spiro atoms. The first-order chi connectivity index (χ1) is 13.3. The first kappa shape index (κ1) is 17.0. The number of benzene rings is 2. The number of fused-ring (bicyclic) bond motifs is 1. The van der Waals surface area contributed by atoms with Crippen molar-refractivity contribution in [3.05, 3.63) is 64.7 Å². The smallest absolute Gasteiger partial charge is 0.241 e. The van der Waals surface area contributed by atoms with Gasteiger partial charge in [-0.15, -0.1) is 0 Å². The van der Waals surface area contributed by atoms with E-state index in [9.17, 15) is 4.79 Å². The number of rotatable bonds is 5. The molecule has 1 saturated carbocycles. The van der Waals surface area contributed by atoms with Gasteiger partial charge in [0.1, 0.15) is 0 Å². The van der Waals surface area contributed by atoms with Crippen LogP contribution in [0.4, 0.5) is 5.69 Å². The van der Waals surface area contributed by atoms with Gasteiger partial charge in [0.15, 0.2) is 0 Å². The predicted molar refractivity (Wildman–Crippen MR) is 109 cm³/mol. The predicted octanol–water partition coefficient (Wildman–Crippen LogP) is 4.66. The lowest BCUT2D eigenvalue weighted by Gasteiger charge is -2.25. The van der Waals surface area contributed by atoms with E-state index >= 15 is 0 Å². The molecule has 1 N–H and O–H groups in total. The van der Waals surface area contributed by atoms with Gasteiger partial charge in [-0.05, 0) is 91.8 Å². The summed E-state index contributed by atoms with van der Waals surface area (Å²) in [6, 6.07) is 15.2. The number of nitrogens with one attached hydrogen (secondary N) is 1. The molecule has 140 valence electrons. The number of aryl methyl sites for hydroxylation is 1. The van der Waals surface area contributed by atoms with Gasteiger partial charge in [0.05, 0.1) is 6.04 Å². The molecule has 0 radical (unpaired) electrons. The van der Waals surface area contributed by atoms with Crippen LogP contribution in [0.2, 0.25) is 0 Å². The maximum atomic E-state index is 12.9. The fourth-order valence-corrected chi connectivity index (χ4v) is 4.86. The third-order valence-corrected chi connectivity index (χ3v) is 6.51. The highest BCUT2D eigenvalue weighted by molar-refractivity contribution is 5.95. The first-order valence-corrected chi connectivity index (χ1v) is 10.5. The number of hydrogen-bond acceptors (Lipinski definition) is 2. The lowest BCUT2D eigenvalue weighted by molar-refractivity contribution is -0.120. The fourth-order valence-electron chi connectivity index (χ4n) is 4.86. The van der Waals surface area contributed by atoms with E-state index < -0.39 is 0 Å². The number of carbonyl (C=O) groups excluding carboxylic acids is 1. The molecule has 27 heavy (non-hydrogen) atoms. The summed E-state index contributed by atoms with van der Waals surface area (Å²) in [6.07, 6.45) is 8.37. The van der Waals surface area contributed by atoms with Gasteiger partial charge in [-0.25, -0.2) is 0 Å². The molecule has 2 fully saturated rings. The van der Waals surface area contributed by atoms with Crippen molar-refractivity contribution in [1.29, 1.82) is 0 Å². The molecular formula is C24H28N2O. The Morgan fingerprint density at radius 1 is 1.00 bits per heavy atom. The van der Waals surface area contributed by atoms with Gasteiger partial charge in [0, 0.05) is 12.2 Å². The van der Waals surface area contributed by atoms with Crippen LogP contribution >= 0.6 is 0 Å². The van der Waals surface area contributed by atoms with Gasteiger partial charge in [-0.2, -0.15) is 0 Å². The van der Waals surface area contributed by atoms with Crippen molar-refractivity contribution in [2.24, 2.45) is 0 Å². The highest BCUT2D eigenvalue weighted by Gasteiger charge is 2.31. The average Bonchev–Trinajstić information content (AvgIpc) is 3.23. The second kappa shape index (κ2) is 7.12. The molecule has 1 heterocycles. The lowest BCUT2D eigenvalue weighted by Crippen LogP contribution is -2.39. The molecule has 2 aromatic rings. The molecule has 3 aliphatic rings. The molecule has 3 nitrogen and oxygen atoms in total. The van der Waals surface area contributed by atoms with Crippen LogP contribution < -0.4 is 5.32 Å². The van der Waals surface area contributed by atoms with Gasteiger partial charge < -0.3 is 5.32 Å². The highest BCUT2D eigenvalue weighted by Crippen LogP contribution is 2.40. The van der Waals surface area contributed by atoms with Crippen LogP contribution in [0.1, 0.15) is 60.3 Å². The van der Waals surface area contributed by atoms with Gasteiger partial charge in [0.2, 0.25) is 5.91 Å². The van der Waals surface area contributed by atoms with Crippen molar-refractivity contribution in [2.45, 2.75) is 63.5 Å². The Kier molecular flexibility index (Phi) is 4.48. The summed E-state index contributed by atoms with van der Waals surface area (Å²) in [7, 11) is 0. The maximum Gasteiger partial charge on any atom is 0.241 e. The van der Waals surface area contributed by atoms with Crippen LogP contribution in [0.25, 0.3) is 0 Å². The number of carbonyl (C=O) groups is 1. The molecule has 3 heteroatoms. The van der Waals surface area contributed by atoms with Crippen LogP contribution in [0.15, 0.2) is 42.5 Å². The van der Waals surface area contributed by atoms with Crippen LogP contribution in [-0.2, 0) is 24.2 Å². The van der Waals surface area contributed by atoms with Crippen molar-refractivity contribution in [1.82, 2.24) is 4.90 Å². The van der Waals surface area contributed by atoms with E-state index in [2.05, 4.69) is 52.7 Å². The van der Waals surface area contributed by atoms with Crippen LogP contribution in [0.3, 0.4) is 0 Å². The largest absolute Gasteiger partial charge is 0.325 e. The molecule has 0 bridgehead atoms. The standard InChI is InChI=1S/C24H28N2O/c27-24(25-21-13-11-18(12-14-21)17-9-10-17)23-8-3-15-26(23)16-20-6-1-4-19-5-2-7-22(19)20/h1,4,6,11-14,17,23H,2-3,5,7-10,15-16H2,(H,25,27). The van der Waals surface area contributed by atoms with E-state index in [1.165, 1.54) is 48.8 Å². The van der Waals surface area contributed by atoms with Crippen molar-refractivity contribution >= 4 is 11.6 Å². The number of nitrogens with zero attached hydrogens (tertiary/aromatic N) is 1. The summed E-state index contributed by atoms with van der Waals surface area (Å²) in [5.74, 6) is 0.909. The molecule has 1 atom stereocenters. The zero-order valence-corrected chi connectivity index (χ0v) is 15.9. The molecule has 2 aliphatic carbocycles. The third-order valence-electron chi connectivity index (χ3n) is 6.51. The van der Waals surface area contributed by atoms with E-state index in [1.54, 1.807) is 5.56 Å². The van der Waals surface area contributed by atoms with Crippen molar-refractivity contribution < 1.29 is 4.79 Å². The molecule has 2 aromatic carbocycles. The quantitative estimate of drug-likeness (QED) is 0.841. The third kappa shape index (κ3) is 3.53. The Morgan fingerprint density at radius 3 is 2.67 bits per heavy atom. The summed E-state index contributed by atoms with van der Waals surface area (Å²) < 4.78 is 0. The van der Waals surface area contributed by atoms with Crippen molar-refractivity contribution in [3.63, 3.8) is 0 Å². The highest BCUT2D eigenvalue weighted by atomic mass is 16.2. The van der Waals surface area contributed by atoms with E-state index in [4.69, 9.17) is 0 Å². The van der Waals surface area contributed by atoms with E-state index in [1.807, 2.05) is 0 Å². The number of likely N-dealkylation sites (tertiary alicyclic amines) is 1. The summed E-state index contributed by atoms with van der Waals surface area (Å²) in [5, 5.41) is 3.16. The summed E-state index contributed by atoms with van der Waals surface area (Å²) in [5.41, 5.74) is 6.83. The van der Waals surface area contributed by atoms with Gasteiger partial charge in [0.25, 0.3) is 0 Å². The number of anilines is 1. The number of amides is 1. The Balaban J connectivity index is 1.26. The maximum absolute atomic E-state index is 12.9. The second-order valence-corrected chi connectivity index (χ2v) is 8.42. The number of hydrogen-bond donors (Lipinski definition) is 1. The Morgan fingerprint density at radius 2 is 1.85 bits per heavy atom. The molecule has 0 aromatic heterocycles. The van der Waals surface area contributed by atoms with Crippen molar-refractivity contribution in [3.8, 4) is 0 Å². The molecule has 5 rings (SSSR count). The summed E-state index contributed by atoms with van der Waals surface area (Å²) >= 11 is 0. The molecule has 1 saturated heterocycles.